The Morgan fingerprint density at radius 3 is 2.79 bits per heavy atom. The second-order valence-corrected chi connectivity index (χ2v) is 8.27. The number of nitrogens with one attached hydrogen (secondary N) is 1. The molecule has 0 aliphatic rings. The molecule has 3 heterocycles. The number of aromatic amines is 1. The second-order valence-electron chi connectivity index (χ2n) is 6.46. The third kappa shape index (κ3) is 3.63. The summed E-state index contributed by atoms with van der Waals surface area (Å²) >= 11 is 3.10. The highest BCUT2D eigenvalue weighted by Gasteiger charge is 2.24. The number of thiazole rings is 1. The van der Waals surface area contributed by atoms with Crippen LogP contribution in [-0.2, 0) is 16.0 Å². The third-order valence-electron chi connectivity index (χ3n) is 4.43. The van der Waals surface area contributed by atoms with Crippen molar-refractivity contribution >= 4 is 45.3 Å². The molecule has 1 N–H and O–H groups in total. The fourth-order valence-corrected chi connectivity index (χ4v) is 4.77. The molecular formula is C21H18N2O3S2. The number of ketones is 1. The number of nitrogens with zero attached hydrogens (tertiary/aromatic N) is 1. The Morgan fingerprint density at radius 2 is 2.00 bits per heavy atom. The van der Waals surface area contributed by atoms with E-state index in [1.807, 2.05) is 54.1 Å². The molecule has 0 amide bonds. The number of hydrogen-bond donors (Lipinski definition) is 1. The van der Waals surface area contributed by atoms with Crippen molar-refractivity contribution in [3.05, 3.63) is 64.1 Å². The van der Waals surface area contributed by atoms with Gasteiger partial charge in [0.1, 0.15) is 5.01 Å². The summed E-state index contributed by atoms with van der Waals surface area (Å²) in [7, 11) is 0. The van der Waals surface area contributed by atoms with Gasteiger partial charge in [-0.05, 0) is 31.4 Å². The molecule has 5 nitrogen and oxygen atoms in total. The minimum atomic E-state index is -0.860. The highest BCUT2D eigenvalue weighted by Crippen LogP contribution is 2.28. The van der Waals surface area contributed by atoms with E-state index in [9.17, 15) is 9.59 Å². The SMILES string of the molecule is Cc1[nH]c2ccccc2c1C(=O)[C@H](C)OC(=O)Cc1csc(-c2cccs2)n1. The number of Topliss-reactive ketones (excluding diaryl/α,β-unsaturated/α-hetero) is 1. The summed E-state index contributed by atoms with van der Waals surface area (Å²) in [6.45, 7) is 3.46. The normalized spacial score (nSPS) is 12.2. The number of fused-ring (bicyclic) bond motifs is 1. The van der Waals surface area contributed by atoms with Gasteiger partial charge in [0.05, 0.1) is 17.0 Å². The summed E-state index contributed by atoms with van der Waals surface area (Å²) in [5.74, 6) is -0.665. The molecule has 3 aromatic heterocycles. The van der Waals surface area contributed by atoms with Gasteiger partial charge in [-0.3, -0.25) is 9.59 Å². The highest BCUT2D eigenvalue weighted by atomic mass is 32.1. The smallest absolute Gasteiger partial charge is 0.312 e. The Kier molecular flexibility index (Phi) is 5.11. The first kappa shape index (κ1) is 18.6. The van der Waals surface area contributed by atoms with E-state index in [0.29, 0.717) is 11.3 Å². The van der Waals surface area contributed by atoms with Crippen LogP contribution in [0.2, 0.25) is 0 Å². The van der Waals surface area contributed by atoms with E-state index in [0.717, 1.165) is 26.5 Å². The maximum absolute atomic E-state index is 12.9. The van der Waals surface area contributed by atoms with Crippen LogP contribution in [0.5, 0.6) is 0 Å². The van der Waals surface area contributed by atoms with Crippen LogP contribution in [0.3, 0.4) is 0 Å². The van der Waals surface area contributed by atoms with E-state index in [4.69, 9.17) is 4.74 Å². The van der Waals surface area contributed by atoms with E-state index < -0.39 is 12.1 Å². The van der Waals surface area contributed by atoms with Crippen LogP contribution in [0, 0.1) is 6.92 Å². The Morgan fingerprint density at radius 1 is 1.18 bits per heavy atom. The van der Waals surface area contributed by atoms with Gasteiger partial charge in [-0.25, -0.2) is 4.98 Å². The number of aryl methyl sites for hydroxylation is 1. The Hall–Kier alpha value is -2.77. The Labute approximate surface area is 170 Å². The molecule has 0 saturated heterocycles. The molecule has 0 fully saturated rings. The van der Waals surface area contributed by atoms with Gasteiger partial charge in [0.2, 0.25) is 5.78 Å². The number of H-pyrrole nitrogens is 1. The number of para-hydroxylation sites is 1. The van der Waals surface area contributed by atoms with Crippen molar-refractivity contribution < 1.29 is 14.3 Å². The van der Waals surface area contributed by atoms with Crippen LogP contribution < -0.4 is 0 Å². The van der Waals surface area contributed by atoms with Crippen LogP contribution in [0.4, 0.5) is 0 Å². The minimum absolute atomic E-state index is 0.0480. The minimum Gasteiger partial charge on any atom is -0.454 e. The number of aromatic nitrogens is 2. The summed E-state index contributed by atoms with van der Waals surface area (Å²) in [6, 6.07) is 11.6. The van der Waals surface area contributed by atoms with E-state index in [-0.39, 0.29) is 12.2 Å². The topological polar surface area (TPSA) is 72.1 Å². The summed E-state index contributed by atoms with van der Waals surface area (Å²) in [5, 5.41) is 5.57. The predicted octanol–water partition coefficient (Wildman–Crippen LogP) is 5.02. The Balaban J connectivity index is 1.44. The van der Waals surface area contributed by atoms with Crippen LogP contribution in [0.25, 0.3) is 20.8 Å². The molecule has 0 saturated carbocycles. The highest BCUT2D eigenvalue weighted by molar-refractivity contribution is 7.20. The summed E-state index contributed by atoms with van der Waals surface area (Å²) < 4.78 is 5.41. The molecule has 0 spiro atoms. The van der Waals surface area contributed by atoms with Gasteiger partial charge in [0.15, 0.2) is 6.10 Å². The number of carbonyl (C=O) groups excluding carboxylic acids is 2. The summed E-state index contributed by atoms with van der Waals surface area (Å²) in [6.07, 6.45) is -0.812. The standard InChI is InChI=1S/C21H18N2O3S2/c1-12-19(15-6-3-4-7-16(15)22-12)20(25)13(2)26-18(24)10-14-11-28-21(23-14)17-8-5-9-27-17/h3-9,11,13,22H,10H2,1-2H3/t13-/m0/s1. The van der Waals surface area contributed by atoms with E-state index in [2.05, 4.69) is 9.97 Å². The van der Waals surface area contributed by atoms with Gasteiger partial charge in [-0.15, -0.1) is 22.7 Å². The van der Waals surface area contributed by atoms with Crippen molar-refractivity contribution in [1.29, 1.82) is 0 Å². The van der Waals surface area contributed by atoms with Gasteiger partial charge < -0.3 is 9.72 Å². The van der Waals surface area contributed by atoms with Crippen LogP contribution in [0.1, 0.15) is 28.7 Å². The molecule has 0 aliphatic heterocycles. The fraction of sp³-hybridized carbons (Fsp3) is 0.190. The van der Waals surface area contributed by atoms with Gasteiger partial charge in [-0.2, -0.15) is 0 Å². The zero-order chi connectivity index (χ0) is 19.7. The van der Waals surface area contributed by atoms with E-state index in [1.54, 1.807) is 18.3 Å². The van der Waals surface area contributed by atoms with Crippen molar-refractivity contribution in [1.82, 2.24) is 9.97 Å². The molecule has 1 aromatic carbocycles. The summed E-state index contributed by atoms with van der Waals surface area (Å²) in [4.78, 5) is 34.0. The van der Waals surface area contributed by atoms with Crippen molar-refractivity contribution in [2.24, 2.45) is 0 Å². The average Bonchev–Trinajstić information content (AvgIpc) is 3.39. The van der Waals surface area contributed by atoms with E-state index >= 15 is 0 Å². The number of hydrogen-bond acceptors (Lipinski definition) is 6. The van der Waals surface area contributed by atoms with Crippen LogP contribution >= 0.6 is 22.7 Å². The monoisotopic (exact) mass is 410 g/mol. The van der Waals surface area contributed by atoms with Crippen molar-refractivity contribution in [2.45, 2.75) is 26.4 Å². The molecule has 7 heteroatoms. The first-order chi connectivity index (χ1) is 13.5. The molecule has 0 bridgehead atoms. The number of rotatable bonds is 6. The zero-order valence-electron chi connectivity index (χ0n) is 15.4. The van der Waals surface area contributed by atoms with Crippen LogP contribution in [-0.4, -0.2) is 27.8 Å². The molecule has 0 radical (unpaired) electrons. The molecule has 1 atom stereocenters. The lowest BCUT2D eigenvalue weighted by atomic mass is 10.0. The van der Waals surface area contributed by atoms with Gasteiger partial charge in [-0.1, -0.05) is 24.3 Å². The summed E-state index contributed by atoms with van der Waals surface area (Å²) in [5.41, 5.74) is 2.89. The fourth-order valence-electron chi connectivity index (χ4n) is 3.14. The van der Waals surface area contributed by atoms with Gasteiger partial charge in [0.25, 0.3) is 0 Å². The predicted molar refractivity (Wildman–Crippen MR) is 112 cm³/mol. The van der Waals surface area contributed by atoms with Crippen molar-refractivity contribution in [2.75, 3.05) is 0 Å². The average molecular weight is 411 g/mol. The third-order valence-corrected chi connectivity index (χ3v) is 6.36. The van der Waals surface area contributed by atoms with Gasteiger partial charge in [0, 0.05) is 27.5 Å². The van der Waals surface area contributed by atoms with Crippen molar-refractivity contribution in [3.63, 3.8) is 0 Å². The Bertz CT molecular complexity index is 1140. The quantitative estimate of drug-likeness (QED) is 0.358. The lowest BCUT2D eigenvalue weighted by Crippen LogP contribution is -2.25. The zero-order valence-corrected chi connectivity index (χ0v) is 17.0. The van der Waals surface area contributed by atoms with Crippen LogP contribution in [0.15, 0.2) is 47.2 Å². The second kappa shape index (κ2) is 7.69. The molecule has 0 aliphatic carbocycles. The maximum atomic E-state index is 12.9. The first-order valence-corrected chi connectivity index (χ1v) is 10.6. The molecule has 28 heavy (non-hydrogen) atoms. The lowest BCUT2D eigenvalue weighted by molar-refractivity contribution is -0.145. The largest absolute Gasteiger partial charge is 0.454 e. The molecular weight excluding hydrogens is 392 g/mol. The molecule has 4 rings (SSSR count). The molecule has 0 unspecified atom stereocenters. The van der Waals surface area contributed by atoms with E-state index in [1.165, 1.54) is 11.3 Å². The number of carbonyl (C=O) groups is 2. The lowest BCUT2D eigenvalue weighted by Gasteiger charge is -2.12. The molecule has 4 aromatic rings. The molecule has 142 valence electrons. The number of benzene rings is 1. The number of ether oxygens (including phenoxy) is 1. The number of thiophene rings is 1. The first-order valence-electron chi connectivity index (χ1n) is 8.82. The van der Waals surface area contributed by atoms with Crippen molar-refractivity contribution in [3.8, 4) is 9.88 Å². The number of esters is 1. The maximum Gasteiger partial charge on any atom is 0.312 e. The van der Waals surface area contributed by atoms with Gasteiger partial charge >= 0.3 is 5.97 Å².